The van der Waals surface area contributed by atoms with E-state index in [2.05, 4.69) is 16.9 Å². The average Bonchev–Trinajstić information content (AvgIpc) is 2.42. The molecule has 1 aliphatic carbocycles. The Bertz CT molecular complexity index is 361. The fraction of sp³-hybridized carbons (Fsp3) is 0.714. The van der Waals surface area contributed by atoms with E-state index in [-0.39, 0.29) is 11.6 Å². The van der Waals surface area contributed by atoms with Gasteiger partial charge in [0.15, 0.2) is 0 Å². The van der Waals surface area contributed by atoms with Crippen LogP contribution >= 0.6 is 0 Å². The van der Waals surface area contributed by atoms with Gasteiger partial charge in [-0.1, -0.05) is 6.92 Å². The summed E-state index contributed by atoms with van der Waals surface area (Å²) in [6.45, 7) is 5.02. The van der Waals surface area contributed by atoms with Crippen LogP contribution in [0.5, 0.6) is 0 Å². The summed E-state index contributed by atoms with van der Waals surface area (Å²) in [6, 6.07) is -0.182. The molecule has 1 aliphatic rings. The number of ether oxygens (including phenoxy) is 1. The minimum Gasteiger partial charge on any atom is -0.373 e. The first-order valence-electron chi connectivity index (χ1n) is 6.83. The van der Waals surface area contributed by atoms with Gasteiger partial charge < -0.3 is 10.5 Å². The van der Waals surface area contributed by atoms with Gasteiger partial charge in [0.2, 0.25) is 0 Å². The standard InChI is InChI=1S/C14H23N3O/c1-3-18-14(6-4-11(2)5-7-14)13(15)12-10-16-8-9-17-12/h8-11,13H,3-7,15H2,1-2H3. The molecule has 1 aromatic rings. The van der Waals surface area contributed by atoms with Gasteiger partial charge >= 0.3 is 0 Å². The zero-order valence-electron chi connectivity index (χ0n) is 11.3. The van der Waals surface area contributed by atoms with Crippen LogP contribution in [0.25, 0.3) is 0 Å². The van der Waals surface area contributed by atoms with Crippen molar-refractivity contribution in [3.63, 3.8) is 0 Å². The summed E-state index contributed by atoms with van der Waals surface area (Å²) in [6.07, 6.45) is 9.50. The summed E-state index contributed by atoms with van der Waals surface area (Å²) in [7, 11) is 0. The molecule has 100 valence electrons. The first-order valence-corrected chi connectivity index (χ1v) is 6.83. The van der Waals surface area contributed by atoms with Crippen molar-refractivity contribution in [2.45, 2.75) is 51.2 Å². The van der Waals surface area contributed by atoms with E-state index in [1.807, 2.05) is 6.92 Å². The van der Waals surface area contributed by atoms with Gasteiger partial charge in [0.05, 0.1) is 23.5 Å². The van der Waals surface area contributed by atoms with Crippen LogP contribution in [-0.4, -0.2) is 22.2 Å². The second-order valence-corrected chi connectivity index (χ2v) is 5.29. The second-order valence-electron chi connectivity index (χ2n) is 5.29. The Morgan fingerprint density at radius 3 is 2.72 bits per heavy atom. The van der Waals surface area contributed by atoms with Gasteiger partial charge in [-0.15, -0.1) is 0 Å². The largest absolute Gasteiger partial charge is 0.373 e. The monoisotopic (exact) mass is 249 g/mol. The quantitative estimate of drug-likeness (QED) is 0.890. The zero-order valence-corrected chi connectivity index (χ0v) is 11.3. The van der Waals surface area contributed by atoms with Crippen molar-refractivity contribution in [3.8, 4) is 0 Å². The van der Waals surface area contributed by atoms with Crippen LogP contribution in [0.3, 0.4) is 0 Å². The summed E-state index contributed by atoms with van der Waals surface area (Å²) < 4.78 is 6.04. The minimum absolute atomic E-state index is 0.182. The van der Waals surface area contributed by atoms with Crippen LogP contribution in [-0.2, 0) is 4.74 Å². The molecule has 1 unspecified atom stereocenters. The highest BCUT2D eigenvalue weighted by Crippen LogP contribution is 2.41. The molecule has 0 radical (unpaired) electrons. The van der Waals surface area contributed by atoms with E-state index in [1.165, 1.54) is 12.8 Å². The van der Waals surface area contributed by atoms with Gasteiger partial charge in [-0.05, 0) is 38.5 Å². The molecule has 1 fully saturated rings. The lowest BCUT2D eigenvalue weighted by molar-refractivity contribution is -0.0904. The van der Waals surface area contributed by atoms with E-state index in [9.17, 15) is 0 Å². The lowest BCUT2D eigenvalue weighted by Gasteiger charge is -2.42. The van der Waals surface area contributed by atoms with E-state index < -0.39 is 0 Å². The van der Waals surface area contributed by atoms with Crippen LogP contribution in [0.2, 0.25) is 0 Å². The molecule has 4 heteroatoms. The first-order chi connectivity index (χ1) is 8.68. The van der Waals surface area contributed by atoms with Gasteiger partial charge in [-0.3, -0.25) is 9.97 Å². The maximum Gasteiger partial charge on any atom is 0.0890 e. The Morgan fingerprint density at radius 2 is 2.17 bits per heavy atom. The van der Waals surface area contributed by atoms with Gasteiger partial charge in [0, 0.05) is 19.0 Å². The molecule has 0 aromatic carbocycles. The van der Waals surface area contributed by atoms with Gasteiger partial charge in [-0.2, -0.15) is 0 Å². The second kappa shape index (κ2) is 5.76. The highest BCUT2D eigenvalue weighted by atomic mass is 16.5. The molecule has 1 saturated carbocycles. The first kappa shape index (κ1) is 13.4. The number of nitrogens with zero attached hydrogens (tertiary/aromatic N) is 2. The molecule has 18 heavy (non-hydrogen) atoms. The average molecular weight is 249 g/mol. The van der Waals surface area contributed by atoms with E-state index in [1.54, 1.807) is 18.6 Å². The van der Waals surface area contributed by atoms with Gasteiger partial charge in [-0.25, -0.2) is 0 Å². The number of hydrogen-bond donors (Lipinski definition) is 1. The van der Waals surface area contributed by atoms with E-state index in [0.29, 0.717) is 6.61 Å². The zero-order chi connectivity index (χ0) is 13.0. The van der Waals surface area contributed by atoms with Gasteiger partial charge in [0.25, 0.3) is 0 Å². The summed E-state index contributed by atoms with van der Waals surface area (Å²) in [5.41, 5.74) is 6.99. The molecule has 0 spiro atoms. The van der Waals surface area contributed by atoms with E-state index in [0.717, 1.165) is 24.5 Å². The predicted molar refractivity (Wildman–Crippen MR) is 70.9 cm³/mol. The number of rotatable bonds is 4. The number of aromatic nitrogens is 2. The fourth-order valence-electron chi connectivity index (χ4n) is 2.82. The summed E-state index contributed by atoms with van der Waals surface area (Å²) in [5.74, 6) is 0.771. The minimum atomic E-state index is -0.253. The van der Waals surface area contributed by atoms with E-state index >= 15 is 0 Å². The molecule has 1 atom stereocenters. The van der Waals surface area contributed by atoms with Crippen molar-refractivity contribution in [3.05, 3.63) is 24.3 Å². The van der Waals surface area contributed by atoms with Crippen LogP contribution in [0.15, 0.2) is 18.6 Å². The summed E-state index contributed by atoms with van der Waals surface area (Å²) in [5, 5.41) is 0. The third-order valence-corrected chi connectivity index (χ3v) is 4.02. The summed E-state index contributed by atoms with van der Waals surface area (Å²) >= 11 is 0. The highest BCUT2D eigenvalue weighted by Gasteiger charge is 2.41. The third-order valence-electron chi connectivity index (χ3n) is 4.02. The molecule has 2 rings (SSSR count). The van der Waals surface area contributed by atoms with Crippen molar-refractivity contribution in [1.29, 1.82) is 0 Å². The van der Waals surface area contributed by atoms with Crippen LogP contribution in [0.4, 0.5) is 0 Å². The maximum atomic E-state index is 6.41. The fourth-order valence-corrected chi connectivity index (χ4v) is 2.82. The lowest BCUT2D eigenvalue weighted by atomic mass is 9.74. The molecule has 0 aliphatic heterocycles. The topological polar surface area (TPSA) is 61.0 Å². The van der Waals surface area contributed by atoms with Crippen LogP contribution in [0, 0.1) is 5.92 Å². The Morgan fingerprint density at radius 1 is 1.44 bits per heavy atom. The Hall–Kier alpha value is -1.00. The smallest absolute Gasteiger partial charge is 0.0890 e. The van der Waals surface area contributed by atoms with Crippen molar-refractivity contribution < 1.29 is 4.74 Å². The van der Waals surface area contributed by atoms with Crippen molar-refractivity contribution >= 4 is 0 Å². The Kier molecular flexibility index (Phi) is 4.30. The third kappa shape index (κ3) is 2.70. The molecule has 0 bridgehead atoms. The van der Waals surface area contributed by atoms with Crippen molar-refractivity contribution in [2.24, 2.45) is 11.7 Å². The maximum absolute atomic E-state index is 6.41. The predicted octanol–water partition coefficient (Wildman–Crippen LogP) is 2.46. The number of hydrogen-bond acceptors (Lipinski definition) is 4. The molecule has 1 heterocycles. The SMILES string of the molecule is CCOC1(C(N)c2cnccn2)CCC(C)CC1. The molecule has 2 N–H and O–H groups in total. The molecule has 0 saturated heterocycles. The molecule has 1 aromatic heterocycles. The molecular formula is C14H23N3O. The molecule has 4 nitrogen and oxygen atoms in total. The van der Waals surface area contributed by atoms with E-state index in [4.69, 9.17) is 10.5 Å². The highest BCUT2D eigenvalue weighted by molar-refractivity contribution is 5.10. The normalized spacial score (nSPS) is 30.1. The Labute approximate surface area is 109 Å². The van der Waals surface area contributed by atoms with Gasteiger partial charge in [0.1, 0.15) is 0 Å². The van der Waals surface area contributed by atoms with Crippen LogP contribution < -0.4 is 5.73 Å². The number of nitrogens with two attached hydrogens (primary N) is 1. The molecule has 0 amide bonds. The van der Waals surface area contributed by atoms with Crippen LogP contribution in [0.1, 0.15) is 51.3 Å². The van der Waals surface area contributed by atoms with Crippen molar-refractivity contribution in [2.75, 3.05) is 6.61 Å². The van der Waals surface area contributed by atoms with Crippen molar-refractivity contribution in [1.82, 2.24) is 9.97 Å². The summed E-state index contributed by atoms with van der Waals surface area (Å²) in [4.78, 5) is 8.44. The lowest BCUT2D eigenvalue weighted by Crippen LogP contribution is -2.46. The molecular weight excluding hydrogens is 226 g/mol. The Balaban J connectivity index is 2.19.